The van der Waals surface area contributed by atoms with E-state index in [1.165, 1.54) is 17.3 Å². The number of carbonyl (C=O) groups is 1. The van der Waals surface area contributed by atoms with Crippen molar-refractivity contribution in [2.24, 2.45) is 10.2 Å². The average molecular weight is 367 g/mol. The van der Waals surface area contributed by atoms with Gasteiger partial charge in [-0.1, -0.05) is 56.8 Å². The highest BCUT2D eigenvalue weighted by atomic mass is 32.2. The Morgan fingerprint density at radius 3 is 2.69 bits per heavy atom. The molecule has 0 bridgehead atoms. The first-order chi connectivity index (χ1) is 12.4. The Morgan fingerprint density at radius 2 is 1.96 bits per heavy atom. The van der Waals surface area contributed by atoms with Crippen molar-refractivity contribution >= 4 is 29.1 Å². The Hall–Kier alpha value is -2.60. The van der Waals surface area contributed by atoms with Crippen molar-refractivity contribution in [3.05, 3.63) is 59.7 Å². The number of ether oxygens (including phenoxy) is 1. The summed E-state index contributed by atoms with van der Waals surface area (Å²) in [6, 6.07) is 15.7. The topological polar surface area (TPSA) is 63.1 Å². The number of nitrogens with one attached hydrogen (secondary N) is 1. The van der Waals surface area contributed by atoms with Crippen LogP contribution in [0.5, 0.6) is 11.5 Å². The molecule has 0 spiro atoms. The van der Waals surface area contributed by atoms with Gasteiger partial charge >= 0.3 is 0 Å². The monoisotopic (exact) mass is 367 g/mol. The van der Waals surface area contributed by atoms with Crippen molar-refractivity contribution in [2.75, 3.05) is 5.75 Å². The van der Waals surface area contributed by atoms with Crippen molar-refractivity contribution in [3.8, 4) is 11.5 Å². The van der Waals surface area contributed by atoms with Crippen molar-refractivity contribution < 1.29 is 9.53 Å². The normalized spacial score (nSPS) is 16.3. The van der Waals surface area contributed by atoms with Crippen LogP contribution >= 0.6 is 11.8 Å². The highest BCUT2D eigenvalue weighted by molar-refractivity contribution is 8.15. The van der Waals surface area contributed by atoms with Gasteiger partial charge in [0.1, 0.15) is 11.5 Å². The second-order valence-corrected chi connectivity index (χ2v) is 7.87. The maximum absolute atomic E-state index is 11.2. The Bertz CT molecular complexity index is 869. The number of thioether (sulfide) groups is 1. The number of amidine groups is 1. The molecule has 2 aromatic rings. The van der Waals surface area contributed by atoms with Crippen molar-refractivity contribution in [1.29, 1.82) is 0 Å². The summed E-state index contributed by atoms with van der Waals surface area (Å²) in [4.78, 5) is 11.2. The van der Waals surface area contributed by atoms with Crippen LogP contribution in [-0.2, 0) is 10.2 Å². The molecule has 3 rings (SSSR count). The molecule has 1 aliphatic rings. The summed E-state index contributed by atoms with van der Waals surface area (Å²) >= 11 is 1.34. The number of benzene rings is 2. The first-order valence-corrected chi connectivity index (χ1v) is 9.31. The number of nitrogens with zero attached hydrogens (tertiary/aromatic N) is 2. The highest BCUT2D eigenvalue weighted by Crippen LogP contribution is 2.29. The van der Waals surface area contributed by atoms with Gasteiger partial charge in [-0.05, 0) is 35.2 Å². The molecule has 1 amide bonds. The zero-order valence-electron chi connectivity index (χ0n) is 15.0. The molecule has 0 aliphatic carbocycles. The second-order valence-electron chi connectivity index (χ2n) is 6.90. The predicted molar refractivity (Wildman–Crippen MR) is 107 cm³/mol. The van der Waals surface area contributed by atoms with Gasteiger partial charge in [0.2, 0.25) is 5.91 Å². The Morgan fingerprint density at radius 1 is 1.15 bits per heavy atom. The van der Waals surface area contributed by atoms with E-state index in [2.05, 4.69) is 48.4 Å². The molecule has 0 saturated carbocycles. The third-order valence-electron chi connectivity index (χ3n) is 3.78. The van der Waals surface area contributed by atoms with Crippen LogP contribution in [0.25, 0.3) is 0 Å². The molecular formula is C20H21N3O2S. The van der Waals surface area contributed by atoms with Gasteiger partial charge in [0.05, 0.1) is 12.0 Å². The van der Waals surface area contributed by atoms with Crippen LogP contribution in [0.2, 0.25) is 0 Å². The highest BCUT2D eigenvalue weighted by Gasteiger charge is 2.16. The summed E-state index contributed by atoms with van der Waals surface area (Å²) in [6.45, 7) is 6.52. The van der Waals surface area contributed by atoms with E-state index in [1.54, 1.807) is 6.21 Å². The lowest BCUT2D eigenvalue weighted by Gasteiger charge is -2.20. The van der Waals surface area contributed by atoms with E-state index < -0.39 is 0 Å². The van der Waals surface area contributed by atoms with Crippen molar-refractivity contribution in [2.45, 2.75) is 26.2 Å². The van der Waals surface area contributed by atoms with E-state index in [0.29, 0.717) is 16.7 Å². The zero-order chi connectivity index (χ0) is 18.6. The first-order valence-electron chi connectivity index (χ1n) is 8.33. The van der Waals surface area contributed by atoms with Crippen molar-refractivity contribution in [3.63, 3.8) is 0 Å². The molecular weight excluding hydrogens is 346 g/mol. The third-order valence-corrected chi connectivity index (χ3v) is 4.64. The van der Waals surface area contributed by atoms with Gasteiger partial charge in [0, 0.05) is 5.56 Å². The number of para-hydroxylation sites is 1. The standard InChI is InChI=1S/C20H21N3O2S/c1-20(2,3)15-8-6-9-16(11-15)25-17-10-5-4-7-14(17)12-21-23-19-22-18(24)13-26-19/h4-12H,13H2,1-3H3,(H,22,23,24). The molecule has 1 saturated heterocycles. The average Bonchev–Trinajstić information content (AvgIpc) is 3.01. The number of hydrogen-bond donors (Lipinski definition) is 1. The summed E-state index contributed by atoms with van der Waals surface area (Å²) in [7, 11) is 0. The molecule has 0 aromatic heterocycles. The van der Waals surface area contributed by atoms with Gasteiger partial charge in [0.15, 0.2) is 5.17 Å². The number of rotatable bonds is 4. The fraction of sp³-hybridized carbons (Fsp3) is 0.250. The first kappa shape index (κ1) is 18.2. The maximum Gasteiger partial charge on any atom is 0.236 e. The predicted octanol–water partition coefficient (Wildman–Crippen LogP) is 4.33. The van der Waals surface area contributed by atoms with Crippen LogP contribution in [0.1, 0.15) is 31.9 Å². The summed E-state index contributed by atoms with van der Waals surface area (Å²) in [5.41, 5.74) is 2.08. The van der Waals surface area contributed by atoms with Gasteiger partial charge in [-0.15, -0.1) is 5.10 Å². The summed E-state index contributed by atoms with van der Waals surface area (Å²) < 4.78 is 6.07. The van der Waals surface area contributed by atoms with E-state index >= 15 is 0 Å². The van der Waals surface area contributed by atoms with Crippen molar-refractivity contribution in [1.82, 2.24) is 5.32 Å². The summed E-state index contributed by atoms with van der Waals surface area (Å²) in [6.07, 6.45) is 1.63. The Balaban J connectivity index is 1.78. The molecule has 0 atom stereocenters. The zero-order valence-corrected chi connectivity index (χ0v) is 15.8. The fourth-order valence-electron chi connectivity index (χ4n) is 2.36. The van der Waals surface area contributed by atoms with E-state index in [0.717, 1.165) is 11.3 Å². The van der Waals surface area contributed by atoms with E-state index in [4.69, 9.17) is 4.74 Å². The Kier molecular flexibility index (Phi) is 5.42. The van der Waals surface area contributed by atoms with E-state index in [9.17, 15) is 4.79 Å². The smallest absolute Gasteiger partial charge is 0.236 e. The minimum atomic E-state index is -0.0496. The molecule has 1 aliphatic heterocycles. The minimum absolute atomic E-state index is 0.0496. The molecule has 5 nitrogen and oxygen atoms in total. The lowest BCUT2D eigenvalue weighted by atomic mass is 9.87. The molecule has 0 unspecified atom stereocenters. The van der Waals surface area contributed by atoms with Gasteiger partial charge < -0.3 is 10.1 Å². The van der Waals surface area contributed by atoms with Crippen LogP contribution in [0.4, 0.5) is 0 Å². The molecule has 2 aromatic carbocycles. The van der Waals surface area contributed by atoms with Gasteiger partial charge in [-0.3, -0.25) is 4.79 Å². The number of carbonyl (C=O) groups excluding carboxylic acids is 1. The van der Waals surface area contributed by atoms with Crippen LogP contribution < -0.4 is 10.1 Å². The maximum atomic E-state index is 11.2. The fourth-order valence-corrected chi connectivity index (χ4v) is 2.99. The van der Waals surface area contributed by atoms with Gasteiger partial charge in [-0.25, -0.2) is 0 Å². The molecule has 1 fully saturated rings. The van der Waals surface area contributed by atoms with Crippen LogP contribution in [0.15, 0.2) is 58.7 Å². The molecule has 26 heavy (non-hydrogen) atoms. The van der Waals surface area contributed by atoms with E-state index in [1.807, 2.05) is 36.4 Å². The molecule has 1 heterocycles. The molecule has 6 heteroatoms. The minimum Gasteiger partial charge on any atom is -0.457 e. The van der Waals surface area contributed by atoms with Crippen LogP contribution in [0, 0.1) is 0 Å². The third kappa shape index (κ3) is 4.73. The summed E-state index contributed by atoms with van der Waals surface area (Å²) in [5.74, 6) is 1.82. The van der Waals surface area contributed by atoms with Crippen LogP contribution in [0.3, 0.4) is 0 Å². The molecule has 134 valence electrons. The second kappa shape index (κ2) is 7.74. The Labute approximate surface area is 157 Å². The van der Waals surface area contributed by atoms with E-state index in [-0.39, 0.29) is 11.3 Å². The van der Waals surface area contributed by atoms with Gasteiger partial charge in [0.25, 0.3) is 0 Å². The van der Waals surface area contributed by atoms with Gasteiger partial charge in [-0.2, -0.15) is 5.10 Å². The quantitative estimate of drug-likeness (QED) is 0.646. The lowest BCUT2D eigenvalue weighted by Crippen LogP contribution is -2.19. The SMILES string of the molecule is CC(C)(C)c1cccc(Oc2ccccc2C=NN=C2NC(=O)CS2)c1. The molecule has 1 N–H and O–H groups in total. The number of hydrogen-bond acceptors (Lipinski definition) is 5. The largest absolute Gasteiger partial charge is 0.457 e. The van der Waals surface area contributed by atoms with Crippen LogP contribution in [-0.4, -0.2) is 23.0 Å². The summed E-state index contributed by atoms with van der Waals surface area (Å²) in [5, 5.41) is 11.2. The number of amides is 1. The molecule has 0 radical (unpaired) electrons. The lowest BCUT2D eigenvalue weighted by molar-refractivity contribution is -0.116.